The van der Waals surface area contributed by atoms with Gasteiger partial charge in [-0.1, -0.05) is 78.9 Å². The van der Waals surface area contributed by atoms with Gasteiger partial charge in [0, 0.05) is 64.0 Å². The third-order valence-electron chi connectivity index (χ3n) is 9.52. The van der Waals surface area contributed by atoms with Crippen molar-refractivity contribution < 1.29 is 0 Å². The number of benzene rings is 6. The maximum absolute atomic E-state index is 5.05. The van der Waals surface area contributed by atoms with Crippen LogP contribution in [0.25, 0.3) is 99.3 Å². The lowest BCUT2D eigenvalue weighted by atomic mass is 9.92. The van der Waals surface area contributed by atoms with Crippen LogP contribution in [0.3, 0.4) is 0 Å². The molecule has 0 aliphatic heterocycles. The van der Waals surface area contributed by atoms with E-state index in [0.29, 0.717) is 11.6 Å². The van der Waals surface area contributed by atoms with Gasteiger partial charge in [0.1, 0.15) is 0 Å². The number of hydrogen-bond donors (Lipinski definition) is 0. The zero-order valence-electron chi connectivity index (χ0n) is 26.7. The number of nitrogens with zero attached hydrogens (tertiary/aromatic N) is 6. The lowest BCUT2D eigenvalue weighted by Crippen LogP contribution is -1.94. The Kier molecular flexibility index (Phi) is 6.39. The Bertz CT molecular complexity index is 2930. The summed E-state index contributed by atoms with van der Waals surface area (Å²) in [5.41, 5.74) is 6.72. The summed E-state index contributed by atoms with van der Waals surface area (Å²) in [6.07, 6.45) is 9.19. The summed E-state index contributed by atoms with van der Waals surface area (Å²) in [7, 11) is 0. The lowest BCUT2D eigenvalue weighted by molar-refractivity contribution is 1.18. The summed E-state index contributed by atoms with van der Waals surface area (Å²) in [6.45, 7) is 0. The fourth-order valence-electron chi connectivity index (χ4n) is 7.11. The second-order valence-electron chi connectivity index (χ2n) is 12.4. The number of aromatic nitrogens is 6. The number of pyridine rings is 2. The maximum atomic E-state index is 5.05. The van der Waals surface area contributed by atoms with Crippen LogP contribution in [0.2, 0.25) is 0 Å². The Labute approximate surface area is 286 Å². The Morgan fingerprint density at radius 3 is 1.78 bits per heavy atom. The molecule has 4 heterocycles. The molecule has 50 heavy (non-hydrogen) atoms. The van der Waals surface area contributed by atoms with E-state index in [1.807, 2.05) is 67.4 Å². The van der Waals surface area contributed by atoms with Crippen molar-refractivity contribution in [1.82, 2.24) is 29.9 Å². The topological polar surface area (TPSA) is 77.3 Å². The first-order chi connectivity index (χ1) is 24.8. The van der Waals surface area contributed by atoms with Gasteiger partial charge in [0.05, 0.1) is 16.9 Å². The molecular weight excluding hydrogens is 613 g/mol. The fourth-order valence-corrected chi connectivity index (χ4v) is 7.11. The molecule has 0 amide bonds. The fraction of sp³-hybridized carbons (Fsp3) is 0. The molecule has 0 saturated carbocycles. The average Bonchev–Trinajstić information content (AvgIpc) is 3.20. The highest BCUT2D eigenvalue weighted by atomic mass is 14.9. The highest BCUT2D eigenvalue weighted by Crippen LogP contribution is 2.39. The molecule has 6 heteroatoms. The van der Waals surface area contributed by atoms with Gasteiger partial charge in [0.15, 0.2) is 11.6 Å². The molecule has 0 unspecified atom stereocenters. The molecule has 232 valence electrons. The van der Waals surface area contributed by atoms with Crippen molar-refractivity contribution in [2.45, 2.75) is 0 Å². The molecule has 0 saturated heterocycles. The van der Waals surface area contributed by atoms with Gasteiger partial charge in [-0.3, -0.25) is 9.97 Å². The molecular formula is C44H26N6. The van der Waals surface area contributed by atoms with Crippen molar-refractivity contribution >= 4 is 54.0 Å². The normalized spacial score (nSPS) is 11.6. The van der Waals surface area contributed by atoms with E-state index in [4.69, 9.17) is 19.9 Å². The smallest absolute Gasteiger partial charge is 0.159 e. The van der Waals surface area contributed by atoms with E-state index in [0.717, 1.165) is 66.1 Å². The third-order valence-corrected chi connectivity index (χ3v) is 9.52. The molecule has 10 rings (SSSR count). The first-order valence-electron chi connectivity index (χ1n) is 16.5. The molecule has 0 aliphatic carbocycles. The molecule has 6 aromatic carbocycles. The van der Waals surface area contributed by atoms with Gasteiger partial charge in [-0.2, -0.15) is 0 Å². The predicted molar refractivity (Wildman–Crippen MR) is 202 cm³/mol. The van der Waals surface area contributed by atoms with Crippen LogP contribution in [0.5, 0.6) is 0 Å². The minimum Gasteiger partial charge on any atom is -0.264 e. The summed E-state index contributed by atoms with van der Waals surface area (Å²) < 4.78 is 0. The molecule has 0 fully saturated rings. The maximum Gasteiger partial charge on any atom is 0.159 e. The SMILES string of the molecule is c1cc(-c2ccnc(-c3ccc4c5ccc(-c6nccc(-c7ccc8cnccc8c7)n6)cc5c5ccccc5c4c3)n2)c2cccnc2c1. The van der Waals surface area contributed by atoms with E-state index in [1.54, 1.807) is 0 Å². The van der Waals surface area contributed by atoms with Crippen molar-refractivity contribution in [3.05, 3.63) is 158 Å². The third kappa shape index (κ3) is 4.65. The van der Waals surface area contributed by atoms with Gasteiger partial charge >= 0.3 is 0 Å². The van der Waals surface area contributed by atoms with E-state index in [-0.39, 0.29) is 0 Å². The second-order valence-corrected chi connectivity index (χ2v) is 12.4. The lowest BCUT2D eigenvalue weighted by Gasteiger charge is -2.13. The van der Waals surface area contributed by atoms with E-state index in [9.17, 15) is 0 Å². The summed E-state index contributed by atoms with van der Waals surface area (Å²) in [5, 5.41) is 10.3. The van der Waals surface area contributed by atoms with Gasteiger partial charge in [-0.25, -0.2) is 19.9 Å². The van der Waals surface area contributed by atoms with Crippen molar-refractivity contribution in [2.75, 3.05) is 0 Å². The number of hydrogen-bond acceptors (Lipinski definition) is 6. The van der Waals surface area contributed by atoms with Crippen LogP contribution in [0, 0.1) is 0 Å². The Morgan fingerprint density at radius 2 is 1.02 bits per heavy atom. The molecule has 0 radical (unpaired) electrons. The minimum absolute atomic E-state index is 0.685. The second kappa shape index (κ2) is 11.4. The van der Waals surface area contributed by atoms with Crippen molar-refractivity contribution in [2.24, 2.45) is 0 Å². The molecule has 0 atom stereocenters. The van der Waals surface area contributed by atoms with Crippen molar-refractivity contribution in [1.29, 1.82) is 0 Å². The van der Waals surface area contributed by atoms with Crippen LogP contribution in [0.1, 0.15) is 0 Å². The summed E-state index contributed by atoms with van der Waals surface area (Å²) in [6, 6.07) is 44.2. The summed E-state index contributed by atoms with van der Waals surface area (Å²) in [5.74, 6) is 1.38. The van der Waals surface area contributed by atoms with Crippen molar-refractivity contribution in [3.63, 3.8) is 0 Å². The largest absolute Gasteiger partial charge is 0.264 e. The zero-order chi connectivity index (χ0) is 33.0. The Hall–Kier alpha value is -6.92. The van der Waals surface area contributed by atoms with Crippen LogP contribution < -0.4 is 0 Å². The first-order valence-corrected chi connectivity index (χ1v) is 16.5. The monoisotopic (exact) mass is 638 g/mol. The zero-order valence-corrected chi connectivity index (χ0v) is 26.7. The van der Waals surface area contributed by atoms with Gasteiger partial charge in [0.2, 0.25) is 0 Å². The Balaban J connectivity index is 1.09. The highest BCUT2D eigenvalue weighted by molar-refractivity contribution is 6.26. The number of rotatable bonds is 4. The minimum atomic E-state index is 0.685. The van der Waals surface area contributed by atoms with Crippen LogP contribution in [0.4, 0.5) is 0 Å². The van der Waals surface area contributed by atoms with E-state index < -0.39 is 0 Å². The van der Waals surface area contributed by atoms with E-state index >= 15 is 0 Å². The van der Waals surface area contributed by atoms with E-state index in [2.05, 4.69) is 101 Å². The van der Waals surface area contributed by atoms with Gasteiger partial charge < -0.3 is 0 Å². The Morgan fingerprint density at radius 1 is 0.360 bits per heavy atom. The molecule has 0 N–H and O–H groups in total. The van der Waals surface area contributed by atoms with Crippen LogP contribution in [-0.4, -0.2) is 29.9 Å². The quantitative estimate of drug-likeness (QED) is 0.179. The van der Waals surface area contributed by atoms with Gasteiger partial charge in [0.25, 0.3) is 0 Å². The summed E-state index contributed by atoms with van der Waals surface area (Å²) in [4.78, 5) is 28.2. The average molecular weight is 639 g/mol. The first kappa shape index (κ1) is 28.1. The molecule has 0 aliphatic rings. The molecule has 4 aromatic heterocycles. The molecule has 0 bridgehead atoms. The molecule has 6 nitrogen and oxygen atoms in total. The highest BCUT2D eigenvalue weighted by Gasteiger charge is 2.14. The van der Waals surface area contributed by atoms with Crippen LogP contribution >= 0.6 is 0 Å². The van der Waals surface area contributed by atoms with Gasteiger partial charge in [-0.15, -0.1) is 0 Å². The summed E-state index contributed by atoms with van der Waals surface area (Å²) >= 11 is 0. The van der Waals surface area contributed by atoms with Crippen LogP contribution in [-0.2, 0) is 0 Å². The predicted octanol–water partition coefficient (Wildman–Crippen LogP) is 10.5. The molecule has 0 spiro atoms. The standard InChI is InChI=1S/C44H26N6/c1-2-6-33-32(5-1)38-24-29(43-47-21-17-40(49-43)28-10-11-31-26-45-20-16-27(31)23-28)12-14-34(38)35-15-13-30(25-39(33)35)44-48-22-18-42(50-44)37-7-3-9-41-36(37)8-4-19-46-41/h1-26H. The van der Waals surface area contributed by atoms with Crippen molar-refractivity contribution in [3.8, 4) is 45.3 Å². The van der Waals surface area contributed by atoms with Gasteiger partial charge in [-0.05, 0) is 86.2 Å². The molecule has 10 aromatic rings. The van der Waals surface area contributed by atoms with E-state index in [1.165, 1.54) is 21.5 Å². The van der Waals surface area contributed by atoms with Crippen LogP contribution in [0.15, 0.2) is 158 Å². The number of fused-ring (bicyclic) bond motifs is 8.